The van der Waals surface area contributed by atoms with Crippen molar-refractivity contribution in [3.8, 4) is 5.75 Å². The van der Waals surface area contributed by atoms with Crippen molar-refractivity contribution in [1.82, 2.24) is 14.7 Å². The number of para-hydroxylation sites is 1. The van der Waals surface area contributed by atoms with E-state index in [1.165, 1.54) is 37.9 Å². The number of nitrogens with zero attached hydrogens (tertiary/aromatic N) is 3. The van der Waals surface area contributed by atoms with E-state index in [9.17, 15) is 4.79 Å². The number of amides is 1. The molecule has 0 bridgehead atoms. The lowest BCUT2D eigenvalue weighted by atomic mass is 10.1. The van der Waals surface area contributed by atoms with Crippen LogP contribution in [0.4, 0.5) is 5.69 Å². The molecule has 6 nitrogen and oxygen atoms in total. The Morgan fingerprint density at radius 3 is 2.48 bits per heavy atom. The molecule has 3 aromatic rings. The smallest absolute Gasteiger partial charge is 0.276 e. The number of hydrogen-bond acceptors (Lipinski definition) is 4. The molecule has 2 heterocycles. The molecule has 0 aliphatic carbocycles. The first-order chi connectivity index (χ1) is 14.3. The summed E-state index contributed by atoms with van der Waals surface area (Å²) in [5.74, 6) is 0.533. The number of likely N-dealkylation sites (tertiary alicyclic amines) is 1. The Balaban J connectivity index is 1.29. The van der Waals surface area contributed by atoms with E-state index in [2.05, 4.69) is 27.4 Å². The third-order valence-corrected chi connectivity index (χ3v) is 5.05. The second-order valence-electron chi connectivity index (χ2n) is 7.31. The van der Waals surface area contributed by atoms with E-state index < -0.39 is 0 Å². The maximum atomic E-state index is 12.5. The molecule has 0 unspecified atom stereocenters. The van der Waals surface area contributed by atoms with Gasteiger partial charge in [0.05, 0.1) is 0 Å². The van der Waals surface area contributed by atoms with Crippen LogP contribution in [0, 0.1) is 0 Å². The van der Waals surface area contributed by atoms with E-state index in [1.807, 2.05) is 42.5 Å². The summed E-state index contributed by atoms with van der Waals surface area (Å²) in [6.07, 6.45) is 5.66. The Morgan fingerprint density at radius 1 is 0.966 bits per heavy atom. The number of anilines is 1. The molecule has 2 aromatic carbocycles. The first-order valence-electron chi connectivity index (χ1n) is 10.1. The molecule has 1 aromatic heterocycles. The van der Waals surface area contributed by atoms with Gasteiger partial charge in [0.15, 0.2) is 12.4 Å². The van der Waals surface area contributed by atoms with Crippen LogP contribution in [-0.2, 0) is 13.3 Å². The van der Waals surface area contributed by atoms with E-state index in [-0.39, 0.29) is 12.6 Å². The van der Waals surface area contributed by atoms with Crippen LogP contribution in [0.1, 0.15) is 35.3 Å². The van der Waals surface area contributed by atoms with E-state index in [1.54, 1.807) is 16.9 Å². The van der Waals surface area contributed by atoms with Gasteiger partial charge in [-0.2, -0.15) is 5.10 Å². The topological polar surface area (TPSA) is 59.4 Å². The van der Waals surface area contributed by atoms with Gasteiger partial charge in [0.2, 0.25) is 0 Å². The maximum absolute atomic E-state index is 12.5. The SMILES string of the molecule is O=C(Nc1ccc(CN2CCCCC2)cc1)c1ccn(COc2ccccc2)n1. The lowest BCUT2D eigenvalue weighted by molar-refractivity contribution is 0.102. The molecule has 0 radical (unpaired) electrons. The summed E-state index contributed by atoms with van der Waals surface area (Å²) in [5.41, 5.74) is 2.40. The molecule has 29 heavy (non-hydrogen) atoms. The number of piperidine rings is 1. The molecule has 4 rings (SSSR count). The highest BCUT2D eigenvalue weighted by Gasteiger charge is 2.12. The van der Waals surface area contributed by atoms with Crippen LogP contribution in [0.25, 0.3) is 0 Å². The van der Waals surface area contributed by atoms with E-state index in [0.29, 0.717) is 5.69 Å². The van der Waals surface area contributed by atoms with Crippen molar-refractivity contribution >= 4 is 11.6 Å². The van der Waals surface area contributed by atoms with Crippen molar-refractivity contribution in [2.75, 3.05) is 18.4 Å². The molecule has 0 saturated carbocycles. The zero-order valence-corrected chi connectivity index (χ0v) is 16.5. The monoisotopic (exact) mass is 390 g/mol. The Kier molecular flexibility index (Phi) is 6.22. The summed E-state index contributed by atoms with van der Waals surface area (Å²) in [6, 6.07) is 19.3. The summed E-state index contributed by atoms with van der Waals surface area (Å²) in [5, 5.41) is 7.20. The predicted molar refractivity (Wildman–Crippen MR) is 113 cm³/mol. The molecular formula is C23H26N4O2. The normalized spacial score (nSPS) is 14.5. The van der Waals surface area contributed by atoms with Crippen molar-refractivity contribution in [1.29, 1.82) is 0 Å². The Hall–Kier alpha value is -3.12. The van der Waals surface area contributed by atoms with E-state index in [0.717, 1.165) is 18.0 Å². The molecule has 1 fully saturated rings. The maximum Gasteiger partial charge on any atom is 0.276 e. The third-order valence-electron chi connectivity index (χ3n) is 5.05. The molecule has 1 amide bonds. The number of ether oxygens (including phenoxy) is 1. The summed E-state index contributed by atoms with van der Waals surface area (Å²) < 4.78 is 7.24. The fourth-order valence-corrected chi connectivity index (χ4v) is 3.48. The molecule has 1 saturated heterocycles. The lowest BCUT2D eigenvalue weighted by Gasteiger charge is -2.26. The second-order valence-corrected chi connectivity index (χ2v) is 7.31. The number of hydrogen-bond donors (Lipinski definition) is 1. The van der Waals surface area contributed by atoms with Crippen molar-refractivity contribution in [2.45, 2.75) is 32.5 Å². The minimum Gasteiger partial charge on any atom is -0.471 e. The first kappa shape index (κ1) is 19.2. The van der Waals surface area contributed by atoms with Gasteiger partial charge in [-0.15, -0.1) is 0 Å². The van der Waals surface area contributed by atoms with Crippen molar-refractivity contribution in [3.63, 3.8) is 0 Å². The number of carbonyl (C=O) groups excluding carboxylic acids is 1. The van der Waals surface area contributed by atoms with Crippen molar-refractivity contribution in [3.05, 3.63) is 78.1 Å². The van der Waals surface area contributed by atoms with Crippen LogP contribution in [0.3, 0.4) is 0 Å². The number of carbonyl (C=O) groups is 1. The quantitative estimate of drug-likeness (QED) is 0.658. The largest absolute Gasteiger partial charge is 0.471 e. The predicted octanol–water partition coefficient (Wildman–Crippen LogP) is 4.16. The molecule has 1 N–H and O–H groups in total. The van der Waals surface area contributed by atoms with Gasteiger partial charge < -0.3 is 10.1 Å². The molecule has 1 aliphatic rings. The van der Waals surface area contributed by atoms with Crippen LogP contribution in [-0.4, -0.2) is 33.7 Å². The average Bonchev–Trinajstić information content (AvgIpc) is 3.24. The van der Waals surface area contributed by atoms with Gasteiger partial charge in [0.25, 0.3) is 5.91 Å². The molecule has 1 aliphatic heterocycles. The zero-order chi connectivity index (χ0) is 19.9. The fraction of sp³-hybridized carbons (Fsp3) is 0.304. The fourth-order valence-electron chi connectivity index (χ4n) is 3.48. The van der Waals surface area contributed by atoms with Crippen LogP contribution in [0.15, 0.2) is 66.9 Å². The highest BCUT2D eigenvalue weighted by atomic mass is 16.5. The number of nitrogens with one attached hydrogen (secondary N) is 1. The molecule has 0 atom stereocenters. The van der Waals surface area contributed by atoms with Crippen molar-refractivity contribution in [2.24, 2.45) is 0 Å². The van der Waals surface area contributed by atoms with Gasteiger partial charge in [-0.1, -0.05) is 36.8 Å². The van der Waals surface area contributed by atoms with Gasteiger partial charge in [0, 0.05) is 18.4 Å². The summed E-state index contributed by atoms with van der Waals surface area (Å²) >= 11 is 0. The summed E-state index contributed by atoms with van der Waals surface area (Å²) in [7, 11) is 0. The highest BCUT2D eigenvalue weighted by Crippen LogP contribution is 2.16. The van der Waals surface area contributed by atoms with Gasteiger partial charge in [0.1, 0.15) is 5.75 Å². The second kappa shape index (κ2) is 9.39. The molecule has 6 heteroatoms. The number of rotatable bonds is 7. The van der Waals surface area contributed by atoms with Crippen LogP contribution in [0.2, 0.25) is 0 Å². The van der Waals surface area contributed by atoms with Gasteiger partial charge >= 0.3 is 0 Å². The lowest BCUT2D eigenvalue weighted by Crippen LogP contribution is -2.29. The molecule has 0 spiro atoms. The van der Waals surface area contributed by atoms with Crippen LogP contribution >= 0.6 is 0 Å². The average molecular weight is 390 g/mol. The van der Waals surface area contributed by atoms with E-state index in [4.69, 9.17) is 4.74 Å². The van der Waals surface area contributed by atoms with Gasteiger partial charge in [-0.05, 0) is 61.8 Å². The molecule has 150 valence electrons. The zero-order valence-electron chi connectivity index (χ0n) is 16.5. The van der Waals surface area contributed by atoms with Crippen molar-refractivity contribution < 1.29 is 9.53 Å². The Morgan fingerprint density at radius 2 is 1.72 bits per heavy atom. The number of benzene rings is 2. The highest BCUT2D eigenvalue weighted by molar-refractivity contribution is 6.02. The van der Waals surface area contributed by atoms with Gasteiger partial charge in [-0.3, -0.25) is 9.69 Å². The standard InChI is InChI=1S/C23H26N4O2/c28-23(22-13-16-27(25-22)18-29-21-7-3-1-4-8-21)24-20-11-9-19(10-12-20)17-26-14-5-2-6-15-26/h1,3-4,7-13,16H,2,5-6,14-15,17-18H2,(H,24,28). The summed E-state index contributed by atoms with van der Waals surface area (Å²) in [6.45, 7) is 3.58. The minimum atomic E-state index is -0.229. The third kappa shape index (κ3) is 5.45. The van der Waals surface area contributed by atoms with Crippen LogP contribution in [0.5, 0.6) is 5.75 Å². The van der Waals surface area contributed by atoms with E-state index >= 15 is 0 Å². The number of aromatic nitrogens is 2. The molecular weight excluding hydrogens is 364 g/mol. The van der Waals surface area contributed by atoms with Gasteiger partial charge in [-0.25, -0.2) is 4.68 Å². The Bertz CT molecular complexity index is 916. The van der Waals surface area contributed by atoms with Crippen LogP contribution < -0.4 is 10.1 Å². The summed E-state index contributed by atoms with van der Waals surface area (Å²) in [4.78, 5) is 15.0. The minimum absolute atomic E-state index is 0.229. The first-order valence-corrected chi connectivity index (χ1v) is 10.1. The Labute approximate surface area is 171 Å².